The van der Waals surface area contributed by atoms with Gasteiger partial charge in [0.1, 0.15) is 5.69 Å². The molecule has 2 amide bonds. The Morgan fingerprint density at radius 2 is 2.00 bits per heavy atom. The highest BCUT2D eigenvalue weighted by atomic mass is 16.4. The molecule has 2 N–H and O–H groups in total. The van der Waals surface area contributed by atoms with Crippen LogP contribution in [-0.2, 0) is 4.79 Å². The Morgan fingerprint density at radius 3 is 2.57 bits per heavy atom. The molecule has 1 aromatic heterocycles. The molecule has 0 radical (unpaired) electrons. The van der Waals surface area contributed by atoms with Crippen molar-refractivity contribution in [1.82, 2.24) is 15.2 Å². The fraction of sp³-hybridized carbons (Fsp3) is 0.429. The van der Waals surface area contributed by atoms with Crippen molar-refractivity contribution in [2.75, 3.05) is 13.1 Å². The molecule has 0 aromatic carbocycles. The molecule has 1 aliphatic rings. The third-order valence-corrected chi connectivity index (χ3v) is 3.53. The van der Waals surface area contributed by atoms with Gasteiger partial charge in [-0.3, -0.25) is 14.6 Å². The van der Waals surface area contributed by atoms with Crippen LogP contribution in [0.25, 0.3) is 0 Å². The summed E-state index contributed by atoms with van der Waals surface area (Å²) >= 11 is 0. The van der Waals surface area contributed by atoms with Crippen LogP contribution in [-0.4, -0.2) is 51.9 Å². The third kappa shape index (κ3) is 3.56. The van der Waals surface area contributed by atoms with E-state index in [1.807, 2.05) is 0 Å². The fourth-order valence-electron chi connectivity index (χ4n) is 2.35. The average molecular weight is 291 g/mol. The topological polar surface area (TPSA) is 99.6 Å². The van der Waals surface area contributed by atoms with Crippen LogP contribution in [0.4, 0.5) is 0 Å². The Balaban J connectivity index is 2.00. The number of hydrogen-bond donors (Lipinski definition) is 2. The highest BCUT2D eigenvalue weighted by Gasteiger charge is 2.24. The molecule has 1 fully saturated rings. The van der Waals surface area contributed by atoms with Crippen LogP contribution >= 0.6 is 0 Å². The molecule has 0 bridgehead atoms. The minimum atomic E-state index is -1.18. The Bertz CT molecular complexity index is 565. The minimum Gasteiger partial charge on any atom is -0.478 e. The van der Waals surface area contributed by atoms with Crippen molar-refractivity contribution in [3.63, 3.8) is 0 Å². The van der Waals surface area contributed by atoms with Gasteiger partial charge < -0.3 is 15.3 Å². The number of nitrogens with zero attached hydrogens (tertiary/aromatic N) is 2. The summed E-state index contributed by atoms with van der Waals surface area (Å²) in [5.41, 5.74) is -0.199. The molecule has 21 heavy (non-hydrogen) atoms. The minimum absolute atomic E-state index is 0.0256. The van der Waals surface area contributed by atoms with Crippen molar-refractivity contribution in [3.8, 4) is 0 Å². The second kappa shape index (κ2) is 6.34. The number of carboxylic acid groups (broad SMARTS) is 1. The first-order valence-corrected chi connectivity index (χ1v) is 6.73. The number of aromatic nitrogens is 1. The fourth-order valence-corrected chi connectivity index (χ4v) is 2.35. The molecule has 112 valence electrons. The number of carbonyl (C=O) groups excluding carboxylic acids is 2. The van der Waals surface area contributed by atoms with Crippen LogP contribution in [0.5, 0.6) is 0 Å². The summed E-state index contributed by atoms with van der Waals surface area (Å²) in [6.07, 6.45) is 2.70. The van der Waals surface area contributed by atoms with E-state index in [1.165, 1.54) is 25.3 Å². The van der Waals surface area contributed by atoms with E-state index in [-0.39, 0.29) is 23.2 Å². The Labute approximate surface area is 122 Å². The summed E-state index contributed by atoms with van der Waals surface area (Å²) in [5, 5.41) is 11.8. The molecule has 0 unspecified atom stereocenters. The molecule has 0 spiro atoms. The summed E-state index contributed by atoms with van der Waals surface area (Å²) in [7, 11) is 0. The normalized spacial score (nSPS) is 15.6. The third-order valence-electron chi connectivity index (χ3n) is 3.53. The lowest BCUT2D eigenvalue weighted by Crippen LogP contribution is -2.46. The first kappa shape index (κ1) is 15.0. The highest BCUT2D eigenvalue weighted by Crippen LogP contribution is 2.12. The summed E-state index contributed by atoms with van der Waals surface area (Å²) < 4.78 is 0. The molecule has 1 saturated heterocycles. The van der Waals surface area contributed by atoms with Gasteiger partial charge in [0.15, 0.2) is 0 Å². The maximum absolute atomic E-state index is 12.1. The quantitative estimate of drug-likeness (QED) is 0.845. The van der Waals surface area contributed by atoms with Gasteiger partial charge in [-0.1, -0.05) is 0 Å². The van der Waals surface area contributed by atoms with Gasteiger partial charge in [0, 0.05) is 32.3 Å². The van der Waals surface area contributed by atoms with Gasteiger partial charge >= 0.3 is 5.97 Å². The van der Waals surface area contributed by atoms with Crippen molar-refractivity contribution < 1.29 is 19.5 Å². The molecule has 1 aromatic rings. The lowest BCUT2D eigenvalue weighted by Gasteiger charge is -2.31. The lowest BCUT2D eigenvalue weighted by molar-refractivity contribution is -0.129. The molecule has 2 rings (SSSR count). The van der Waals surface area contributed by atoms with Crippen LogP contribution in [0.1, 0.15) is 40.6 Å². The maximum atomic E-state index is 12.1. The van der Waals surface area contributed by atoms with Crippen molar-refractivity contribution >= 4 is 17.8 Å². The molecule has 0 atom stereocenters. The number of aromatic carboxylic acids is 1. The average Bonchev–Trinajstić information content (AvgIpc) is 2.47. The van der Waals surface area contributed by atoms with Crippen molar-refractivity contribution in [1.29, 1.82) is 0 Å². The summed E-state index contributed by atoms with van der Waals surface area (Å²) in [6.45, 7) is 2.70. The lowest BCUT2D eigenvalue weighted by atomic mass is 10.0. The number of rotatable bonds is 3. The number of hydrogen-bond acceptors (Lipinski definition) is 4. The first-order valence-electron chi connectivity index (χ1n) is 6.73. The van der Waals surface area contributed by atoms with Crippen LogP contribution in [0.3, 0.4) is 0 Å². The number of nitrogens with one attached hydrogen (secondary N) is 1. The second-order valence-corrected chi connectivity index (χ2v) is 4.96. The highest BCUT2D eigenvalue weighted by molar-refractivity contribution is 6.03. The van der Waals surface area contributed by atoms with Crippen LogP contribution < -0.4 is 5.32 Å². The molecule has 7 nitrogen and oxygen atoms in total. The van der Waals surface area contributed by atoms with Gasteiger partial charge in [-0.2, -0.15) is 0 Å². The second-order valence-electron chi connectivity index (χ2n) is 4.96. The summed E-state index contributed by atoms with van der Waals surface area (Å²) in [6, 6.07) is 2.76. The van der Waals surface area contributed by atoms with Crippen LogP contribution in [0, 0.1) is 0 Å². The molecule has 7 heteroatoms. The van der Waals surface area contributed by atoms with Gasteiger partial charge in [0.05, 0.1) is 5.56 Å². The van der Waals surface area contributed by atoms with Crippen molar-refractivity contribution in [2.24, 2.45) is 0 Å². The van der Waals surface area contributed by atoms with E-state index in [1.54, 1.807) is 4.90 Å². The first-order chi connectivity index (χ1) is 9.99. The number of piperidine rings is 1. The molecule has 2 heterocycles. The van der Waals surface area contributed by atoms with E-state index in [9.17, 15) is 14.4 Å². The van der Waals surface area contributed by atoms with Gasteiger partial charge in [-0.15, -0.1) is 0 Å². The smallest absolute Gasteiger partial charge is 0.338 e. The van der Waals surface area contributed by atoms with E-state index >= 15 is 0 Å². The zero-order valence-electron chi connectivity index (χ0n) is 11.7. The van der Waals surface area contributed by atoms with Crippen molar-refractivity contribution in [3.05, 3.63) is 29.6 Å². The zero-order chi connectivity index (χ0) is 15.4. The standard InChI is InChI=1S/C14H17N3O4/c1-9(18)17-7-4-10(5-8-17)16-13(19)12-11(14(20)21)3-2-6-15-12/h2-3,6,10H,4-5,7-8H2,1H3,(H,16,19)(H,20,21). The molecular formula is C14H17N3O4. The van der Waals surface area contributed by atoms with E-state index in [0.29, 0.717) is 25.9 Å². The van der Waals surface area contributed by atoms with Gasteiger partial charge in [0.2, 0.25) is 5.91 Å². The largest absolute Gasteiger partial charge is 0.478 e. The number of carbonyl (C=O) groups is 3. The predicted molar refractivity (Wildman–Crippen MR) is 73.9 cm³/mol. The van der Waals surface area contributed by atoms with Crippen LogP contribution in [0.2, 0.25) is 0 Å². The SMILES string of the molecule is CC(=O)N1CCC(NC(=O)c2ncccc2C(=O)O)CC1. The van der Waals surface area contributed by atoms with Gasteiger partial charge in [-0.05, 0) is 25.0 Å². The molecule has 1 aliphatic heterocycles. The Hall–Kier alpha value is -2.44. The predicted octanol–water partition coefficient (Wildman–Crippen LogP) is 0.520. The number of likely N-dealkylation sites (tertiary alicyclic amines) is 1. The zero-order valence-corrected chi connectivity index (χ0v) is 11.7. The van der Waals surface area contributed by atoms with Gasteiger partial charge in [0.25, 0.3) is 5.91 Å². The maximum Gasteiger partial charge on any atom is 0.338 e. The molecule has 0 aliphatic carbocycles. The van der Waals surface area contributed by atoms with Crippen LogP contribution in [0.15, 0.2) is 18.3 Å². The number of pyridine rings is 1. The summed E-state index contributed by atoms with van der Waals surface area (Å²) in [5.74, 6) is -1.65. The van der Waals surface area contributed by atoms with E-state index in [2.05, 4.69) is 10.3 Å². The van der Waals surface area contributed by atoms with E-state index in [0.717, 1.165) is 0 Å². The van der Waals surface area contributed by atoms with E-state index in [4.69, 9.17) is 5.11 Å². The van der Waals surface area contributed by atoms with Crippen molar-refractivity contribution in [2.45, 2.75) is 25.8 Å². The monoisotopic (exact) mass is 291 g/mol. The summed E-state index contributed by atoms with van der Waals surface area (Å²) in [4.78, 5) is 40.0. The molecular weight excluding hydrogens is 274 g/mol. The van der Waals surface area contributed by atoms with E-state index < -0.39 is 11.9 Å². The number of carboxylic acids is 1. The number of amides is 2. The molecule has 0 saturated carbocycles. The Kier molecular flexibility index (Phi) is 4.52. The van der Waals surface area contributed by atoms with Gasteiger partial charge in [-0.25, -0.2) is 4.79 Å². The Morgan fingerprint density at radius 1 is 1.33 bits per heavy atom.